The summed E-state index contributed by atoms with van der Waals surface area (Å²) in [7, 11) is 0. The summed E-state index contributed by atoms with van der Waals surface area (Å²) in [4.78, 5) is 18.1. The molecule has 0 aliphatic heterocycles. The van der Waals surface area contributed by atoms with E-state index in [0.29, 0.717) is 5.92 Å². The number of aliphatic hydroxyl groups excluding tert-OH is 1. The first-order valence-electron chi connectivity index (χ1n) is 20.3. The van der Waals surface area contributed by atoms with Crippen molar-refractivity contribution in [3.8, 4) is 21.7 Å². The second-order valence-corrected chi connectivity index (χ2v) is 18.8. The maximum absolute atomic E-state index is 11.7. The number of hydrogen-bond acceptors (Lipinski definition) is 4. The number of carbonyl (C=O) groups excluding carboxylic acids is 1. The maximum atomic E-state index is 11.7. The van der Waals surface area contributed by atoms with Crippen LogP contribution in [0.2, 0.25) is 0 Å². The van der Waals surface area contributed by atoms with E-state index in [1.807, 2.05) is 45.2 Å². The molecule has 0 amide bonds. The number of hydrogen-bond donors (Lipinski definition) is 1. The molecule has 0 fully saturated rings. The van der Waals surface area contributed by atoms with Crippen molar-refractivity contribution in [2.75, 3.05) is 0 Å². The fraction of sp³-hybridized carbons (Fsp3) is 0.480. The molecule has 0 unspecified atom stereocenters. The van der Waals surface area contributed by atoms with E-state index < -0.39 is 0 Å². The smallest absolute Gasteiger partial charge is 0.162 e. The van der Waals surface area contributed by atoms with Crippen molar-refractivity contribution in [2.45, 2.75) is 140 Å². The topological polar surface area (TPSA) is 50.2 Å². The van der Waals surface area contributed by atoms with E-state index in [9.17, 15) is 9.90 Å². The SMILES string of the molecule is CCC(CC)C(=O)/C=C(\O)C(CC)CC.Cc1cc(CC(C)(C)C)cc(C)c1-c1sc2c(-c3[c-]c4ccccc4c(C(C)(C)C)c3)nccc2c1C(C)C.[Ir]. The predicted molar refractivity (Wildman–Crippen MR) is 236 cm³/mol. The third-order valence-corrected chi connectivity index (χ3v) is 11.9. The number of ketones is 1. The molecule has 3 nitrogen and oxygen atoms in total. The minimum atomic E-state index is 0. The number of fused-ring (bicyclic) bond motifs is 2. The van der Waals surface area contributed by atoms with Crippen molar-refractivity contribution in [1.29, 1.82) is 0 Å². The number of thiophene rings is 1. The van der Waals surface area contributed by atoms with E-state index in [-0.39, 0.29) is 54.3 Å². The van der Waals surface area contributed by atoms with E-state index in [1.54, 1.807) is 0 Å². The Morgan fingerprint density at radius 1 is 0.855 bits per heavy atom. The first-order chi connectivity index (χ1) is 25.3. The van der Waals surface area contributed by atoms with Crippen LogP contribution >= 0.6 is 11.3 Å². The first kappa shape index (κ1) is 46.3. The van der Waals surface area contributed by atoms with Gasteiger partial charge >= 0.3 is 0 Å². The Balaban J connectivity index is 0.000000433. The summed E-state index contributed by atoms with van der Waals surface area (Å²) in [5.74, 6) is 0.953. The summed E-state index contributed by atoms with van der Waals surface area (Å²) < 4.78 is 1.26. The van der Waals surface area contributed by atoms with Crippen LogP contribution in [0.3, 0.4) is 0 Å². The van der Waals surface area contributed by atoms with Gasteiger partial charge in [0.25, 0.3) is 0 Å². The molecule has 0 saturated carbocycles. The van der Waals surface area contributed by atoms with Gasteiger partial charge in [-0.25, -0.2) is 0 Å². The average Bonchev–Trinajstić information content (AvgIpc) is 3.47. The van der Waals surface area contributed by atoms with Crippen molar-refractivity contribution in [3.05, 3.63) is 100 Å². The molecule has 0 saturated heterocycles. The number of pyridine rings is 1. The Labute approximate surface area is 350 Å². The molecule has 0 atom stereocenters. The van der Waals surface area contributed by atoms with Crippen molar-refractivity contribution in [2.24, 2.45) is 17.3 Å². The van der Waals surface area contributed by atoms with Gasteiger partial charge in [0.05, 0.1) is 5.76 Å². The molecule has 0 aliphatic rings. The van der Waals surface area contributed by atoms with Gasteiger partial charge in [0, 0.05) is 59.5 Å². The zero-order valence-corrected chi connectivity index (χ0v) is 39.3. The summed E-state index contributed by atoms with van der Waals surface area (Å²) in [6, 6.07) is 21.8. The molecule has 0 aliphatic carbocycles. The van der Waals surface area contributed by atoms with Gasteiger partial charge in [-0.3, -0.25) is 9.78 Å². The quantitative estimate of drug-likeness (QED) is 0.0815. The van der Waals surface area contributed by atoms with Crippen molar-refractivity contribution >= 4 is 38.0 Å². The van der Waals surface area contributed by atoms with Crippen molar-refractivity contribution in [1.82, 2.24) is 4.98 Å². The molecule has 2 aromatic heterocycles. The monoisotopic (exact) mass is 937 g/mol. The Kier molecular flexibility index (Phi) is 16.3. The number of nitrogens with zero attached hydrogens (tertiary/aromatic N) is 1. The molecule has 1 N–H and O–H groups in total. The number of rotatable bonds is 11. The van der Waals surface area contributed by atoms with Crippen LogP contribution in [-0.2, 0) is 36.7 Å². The molecule has 0 bridgehead atoms. The van der Waals surface area contributed by atoms with Crippen LogP contribution in [0.25, 0.3) is 42.6 Å². The molecule has 1 radical (unpaired) electrons. The second kappa shape index (κ2) is 19.4. The summed E-state index contributed by atoms with van der Waals surface area (Å²) in [6.07, 6.45) is 7.98. The Bertz CT molecular complexity index is 2080. The summed E-state index contributed by atoms with van der Waals surface area (Å²) >= 11 is 1.91. The van der Waals surface area contributed by atoms with E-state index >= 15 is 0 Å². The number of aromatic nitrogens is 1. The summed E-state index contributed by atoms with van der Waals surface area (Å²) in [5.41, 5.74) is 10.7. The molecule has 5 aromatic rings. The normalized spacial score (nSPS) is 12.4. The molecule has 3 aromatic carbocycles. The first-order valence-corrected chi connectivity index (χ1v) is 21.1. The number of carbonyl (C=O) groups is 1. The molecular formula is C50H66IrNO2S-. The molecule has 0 spiro atoms. The van der Waals surface area contributed by atoms with Crippen LogP contribution in [0.4, 0.5) is 0 Å². The fourth-order valence-electron chi connectivity index (χ4n) is 7.88. The minimum absolute atomic E-state index is 0. The number of allylic oxidation sites excluding steroid dienone is 2. The van der Waals surface area contributed by atoms with Crippen LogP contribution in [0, 0.1) is 37.2 Å². The largest absolute Gasteiger partial charge is 0.512 e. The van der Waals surface area contributed by atoms with Crippen LogP contribution in [0.1, 0.15) is 143 Å². The van der Waals surface area contributed by atoms with Gasteiger partial charge in [-0.1, -0.05) is 124 Å². The molecule has 2 heterocycles. The molecule has 55 heavy (non-hydrogen) atoms. The molecular weight excluding hydrogens is 871 g/mol. The van der Waals surface area contributed by atoms with Gasteiger partial charge in [0.15, 0.2) is 5.78 Å². The average molecular weight is 937 g/mol. The minimum Gasteiger partial charge on any atom is -0.512 e. The standard InChI is InChI=1S/C37H42NS.C13H24O2.Ir/c1-22(2)31-29-15-16-38-33(27-19-26-13-11-12-14-28(26)30(20-27)37(8,9)10)34(29)39-35(31)32-23(3)17-25(18-24(32)4)21-36(5,6)7;1-5-10(6-2)12(14)9-13(15)11(7-3)8-4;/h11-18,20,22H,21H2,1-10H3;9-11,14H,5-8H2,1-4H3;/q-1;;/b;12-9-;. The third-order valence-electron chi connectivity index (χ3n) is 10.7. The van der Waals surface area contributed by atoms with Crippen molar-refractivity contribution < 1.29 is 30.0 Å². The maximum Gasteiger partial charge on any atom is 0.162 e. The Hall–Kier alpha value is -3.11. The van der Waals surface area contributed by atoms with Crippen LogP contribution in [-0.4, -0.2) is 15.9 Å². The predicted octanol–water partition coefficient (Wildman–Crippen LogP) is 15.1. The van der Waals surface area contributed by atoms with Crippen LogP contribution in [0.15, 0.2) is 66.6 Å². The van der Waals surface area contributed by atoms with Crippen LogP contribution < -0.4 is 0 Å². The zero-order chi connectivity index (χ0) is 40.1. The van der Waals surface area contributed by atoms with Crippen molar-refractivity contribution in [3.63, 3.8) is 0 Å². The second-order valence-electron chi connectivity index (χ2n) is 17.8. The van der Waals surface area contributed by atoms with Crippen LogP contribution in [0.5, 0.6) is 0 Å². The molecule has 5 rings (SSSR count). The number of benzene rings is 3. The van der Waals surface area contributed by atoms with E-state index in [1.165, 1.54) is 59.8 Å². The van der Waals surface area contributed by atoms with Gasteiger partial charge in [0.1, 0.15) is 0 Å². The van der Waals surface area contributed by atoms with Gasteiger partial charge in [0.2, 0.25) is 0 Å². The van der Waals surface area contributed by atoms with Gasteiger partial charge < -0.3 is 5.11 Å². The zero-order valence-electron chi connectivity index (χ0n) is 36.1. The summed E-state index contributed by atoms with van der Waals surface area (Å²) in [5, 5.41) is 13.5. The van der Waals surface area contributed by atoms with E-state index in [4.69, 9.17) is 4.98 Å². The van der Waals surface area contributed by atoms with E-state index in [0.717, 1.165) is 48.7 Å². The third kappa shape index (κ3) is 11.1. The van der Waals surface area contributed by atoms with Gasteiger partial charge in [-0.05, 0) is 102 Å². The number of aryl methyl sites for hydroxylation is 2. The Morgan fingerprint density at radius 2 is 1.44 bits per heavy atom. The number of aliphatic hydroxyl groups is 1. The fourth-order valence-corrected chi connectivity index (χ4v) is 9.51. The molecule has 5 heteroatoms. The molecule has 299 valence electrons. The van der Waals surface area contributed by atoms with E-state index in [2.05, 4.69) is 124 Å². The van der Waals surface area contributed by atoms with Gasteiger partial charge in [-0.2, -0.15) is 0 Å². The van der Waals surface area contributed by atoms with Gasteiger partial charge in [-0.15, -0.1) is 40.5 Å². The summed E-state index contributed by atoms with van der Waals surface area (Å²) in [6.45, 7) is 31.1. The Morgan fingerprint density at radius 3 is 1.96 bits per heavy atom.